The summed E-state index contributed by atoms with van der Waals surface area (Å²) in [6.07, 6.45) is 5.86. The molecule has 2 aromatic carbocycles. The minimum absolute atomic E-state index is 0.653. The molecular weight excluding hydrogens is 340 g/mol. The average Bonchev–Trinajstić information content (AvgIpc) is 2.70. The first-order valence-corrected chi connectivity index (χ1v) is 9.42. The maximum absolute atomic E-state index is 5.75. The molecule has 0 fully saturated rings. The maximum Gasteiger partial charge on any atom is 0.119 e. The average molecular weight is 368 g/mol. The van der Waals surface area contributed by atoms with Crippen LogP contribution in [0.4, 0.5) is 11.4 Å². The van der Waals surface area contributed by atoms with E-state index in [1.165, 1.54) is 6.26 Å². The van der Waals surface area contributed by atoms with Gasteiger partial charge in [-0.05, 0) is 81.1 Å². The van der Waals surface area contributed by atoms with Crippen molar-refractivity contribution in [2.24, 2.45) is 10.2 Å². The first-order valence-electron chi connectivity index (χ1n) is 9.42. The van der Waals surface area contributed by atoms with Gasteiger partial charge in [0.15, 0.2) is 0 Å². The van der Waals surface area contributed by atoms with Crippen molar-refractivity contribution in [2.75, 3.05) is 19.8 Å². The molecule has 0 unspecified atom stereocenters. The summed E-state index contributed by atoms with van der Waals surface area (Å²) in [5.41, 5.74) is 1.58. The van der Waals surface area contributed by atoms with Gasteiger partial charge in [0.25, 0.3) is 0 Å². The first kappa shape index (κ1) is 20.5. The molecule has 0 aliphatic heterocycles. The molecule has 27 heavy (non-hydrogen) atoms. The van der Waals surface area contributed by atoms with Crippen LogP contribution < -0.4 is 9.47 Å². The van der Waals surface area contributed by atoms with Crippen LogP contribution in [0, 0.1) is 0 Å². The van der Waals surface area contributed by atoms with Gasteiger partial charge in [-0.3, -0.25) is 0 Å². The van der Waals surface area contributed by atoms with E-state index in [0.29, 0.717) is 6.61 Å². The number of hydrogen-bond acceptors (Lipinski definition) is 5. The summed E-state index contributed by atoms with van der Waals surface area (Å²) < 4.78 is 16.3. The smallest absolute Gasteiger partial charge is 0.119 e. The molecule has 0 saturated heterocycles. The molecule has 144 valence electrons. The third-order valence-corrected chi connectivity index (χ3v) is 3.81. The molecule has 0 saturated carbocycles. The van der Waals surface area contributed by atoms with Crippen LogP contribution in [0.3, 0.4) is 0 Å². The number of hydrogen-bond donors (Lipinski definition) is 0. The summed E-state index contributed by atoms with van der Waals surface area (Å²) >= 11 is 0. The van der Waals surface area contributed by atoms with Crippen LogP contribution in [0.5, 0.6) is 11.5 Å². The molecular formula is C22H28N2O3. The van der Waals surface area contributed by atoms with Gasteiger partial charge in [0.05, 0.1) is 37.5 Å². The Morgan fingerprint density at radius 1 is 0.741 bits per heavy atom. The molecule has 0 amide bonds. The molecule has 0 bridgehead atoms. The van der Waals surface area contributed by atoms with E-state index in [4.69, 9.17) is 14.2 Å². The van der Waals surface area contributed by atoms with Crippen LogP contribution in [0.2, 0.25) is 0 Å². The second kappa shape index (κ2) is 12.5. The lowest BCUT2D eigenvalue weighted by Gasteiger charge is -2.06. The number of unbranched alkanes of at least 4 members (excludes halogenated alkanes) is 3. The van der Waals surface area contributed by atoms with E-state index >= 15 is 0 Å². The molecule has 0 aliphatic rings. The van der Waals surface area contributed by atoms with Crippen molar-refractivity contribution in [3.63, 3.8) is 0 Å². The predicted octanol–water partition coefficient (Wildman–Crippen LogP) is 6.60. The molecule has 0 aliphatic carbocycles. The molecule has 5 nitrogen and oxygen atoms in total. The van der Waals surface area contributed by atoms with Gasteiger partial charge < -0.3 is 14.2 Å². The van der Waals surface area contributed by atoms with Gasteiger partial charge >= 0.3 is 0 Å². The number of benzene rings is 2. The van der Waals surface area contributed by atoms with E-state index in [9.17, 15) is 0 Å². The van der Waals surface area contributed by atoms with Gasteiger partial charge in [-0.25, -0.2) is 0 Å². The van der Waals surface area contributed by atoms with E-state index in [1.54, 1.807) is 0 Å². The van der Waals surface area contributed by atoms with Crippen molar-refractivity contribution in [2.45, 2.75) is 32.6 Å². The SMILES string of the molecule is C=COCCCCCCOc1ccc(N=Nc2ccc(OCC)cc2)cc1. The Kier molecular flexibility index (Phi) is 9.50. The van der Waals surface area contributed by atoms with Crippen molar-refractivity contribution in [1.29, 1.82) is 0 Å². The predicted molar refractivity (Wildman–Crippen MR) is 108 cm³/mol. The largest absolute Gasteiger partial charge is 0.502 e. The molecule has 5 heteroatoms. The molecule has 0 atom stereocenters. The highest BCUT2D eigenvalue weighted by Crippen LogP contribution is 2.23. The minimum Gasteiger partial charge on any atom is -0.502 e. The summed E-state index contributed by atoms with van der Waals surface area (Å²) in [7, 11) is 0. The highest BCUT2D eigenvalue weighted by atomic mass is 16.5. The molecule has 0 radical (unpaired) electrons. The molecule has 0 N–H and O–H groups in total. The minimum atomic E-state index is 0.653. The lowest BCUT2D eigenvalue weighted by molar-refractivity contribution is 0.239. The van der Waals surface area contributed by atoms with Gasteiger partial charge in [-0.15, -0.1) is 0 Å². The fourth-order valence-electron chi connectivity index (χ4n) is 2.41. The standard InChI is InChI=1S/C22H28N2O3/c1-3-25-17-7-5-6-8-18-27-22-15-11-20(12-16-22)24-23-19-9-13-21(14-10-19)26-4-2/h3,9-16H,1,4-8,17-18H2,2H3. The van der Waals surface area contributed by atoms with Crippen LogP contribution in [0.1, 0.15) is 32.6 Å². The molecule has 2 rings (SSSR count). The molecule has 0 spiro atoms. The summed E-state index contributed by atoms with van der Waals surface area (Å²) in [6, 6.07) is 15.2. The zero-order valence-corrected chi connectivity index (χ0v) is 16.0. The Morgan fingerprint density at radius 2 is 1.26 bits per heavy atom. The zero-order valence-electron chi connectivity index (χ0n) is 16.0. The van der Waals surface area contributed by atoms with Gasteiger partial charge in [-0.2, -0.15) is 10.2 Å². The number of azo groups is 1. The third kappa shape index (κ3) is 8.40. The Morgan fingerprint density at radius 3 is 1.78 bits per heavy atom. The Labute approximate surface area is 161 Å². The molecule has 2 aromatic rings. The lowest BCUT2D eigenvalue weighted by Crippen LogP contribution is -1.97. The van der Waals surface area contributed by atoms with Crippen molar-refractivity contribution in [3.8, 4) is 11.5 Å². The quantitative estimate of drug-likeness (QED) is 0.227. The van der Waals surface area contributed by atoms with Crippen molar-refractivity contribution >= 4 is 11.4 Å². The van der Waals surface area contributed by atoms with Crippen LogP contribution in [0.15, 0.2) is 71.6 Å². The van der Waals surface area contributed by atoms with Crippen LogP contribution in [0.25, 0.3) is 0 Å². The summed E-state index contributed by atoms with van der Waals surface area (Å²) in [6.45, 7) is 7.60. The highest BCUT2D eigenvalue weighted by Gasteiger charge is 1.97. The number of ether oxygens (including phenoxy) is 3. The Bertz CT molecular complexity index is 682. The number of rotatable bonds is 13. The van der Waals surface area contributed by atoms with Crippen LogP contribution >= 0.6 is 0 Å². The second-order valence-electron chi connectivity index (χ2n) is 5.92. The Hall–Kier alpha value is -2.82. The summed E-state index contributed by atoms with van der Waals surface area (Å²) in [5.74, 6) is 1.69. The van der Waals surface area contributed by atoms with E-state index in [-0.39, 0.29) is 0 Å². The van der Waals surface area contributed by atoms with Crippen molar-refractivity contribution in [1.82, 2.24) is 0 Å². The zero-order chi connectivity index (χ0) is 19.2. The lowest BCUT2D eigenvalue weighted by atomic mass is 10.2. The van der Waals surface area contributed by atoms with Crippen molar-refractivity contribution in [3.05, 3.63) is 61.4 Å². The van der Waals surface area contributed by atoms with Crippen LogP contribution in [-0.2, 0) is 4.74 Å². The van der Waals surface area contributed by atoms with E-state index in [0.717, 1.165) is 61.8 Å². The fourth-order valence-corrected chi connectivity index (χ4v) is 2.41. The van der Waals surface area contributed by atoms with Gasteiger partial charge in [0, 0.05) is 0 Å². The van der Waals surface area contributed by atoms with Crippen molar-refractivity contribution < 1.29 is 14.2 Å². The molecule has 0 heterocycles. The summed E-state index contributed by atoms with van der Waals surface area (Å²) in [5, 5.41) is 8.49. The topological polar surface area (TPSA) is 52.4 Å². The van der Waals surface area contributed by atoms with Crippen LogP contribution in [-0.4, -0.2) is 19.8 Å². The second-order valence-corrected chi connectivity index (χ2v) is 5.92. The molecule has 0 aromatic heterocycles. The van der Waals surface area contributed by atoms with E-state index in [1.807, 2.05) is 55.5 Å². The monoisotopic (exact) mass is 368 g/mol. The first-order chi connectivity index (χ1) is 13.3. The van der Waals surface area contributed by atoms with Gasteiger partial charge in [-0.1, -0.05) is 6.58 Å². The fraction of sp³-hybridized carbons (Fsp3) is 0.364. The van der Waals surface area contributed by atoms with E-state index < -0.39 is 0 Å². The van der Waals surface area contributed by atoms with Gasteiger partial charge in [0.1, 0.15) is 11.5 Å². The normalized spacial score (nSPS) is 10.7. The Balaban J connectivity index is 1.69. The highest BCUT2D eigenvalue weighted by molar-refractivity contribution is 5.44. The number of nitrogens with zero attached hydrogens (tertiary/aromatic N) is 2. The van der Waals surface area contributed by atoms with E-state index in [2.05, 4.69) is 16.8 Å². The summed E-state index contributed by atoms with van der Waals surface area (Å²) in [4.78, 5) is 0. The third-order valence-electron chi connectivity index (χ3n) is 3.81. The maximum atomic E-state index is 5.75. The van der Waals surface area contributed by atoms with Gasteiger partial charge in [0.2, 0.25) is 0 Å².